The fourth-order valence-electron chi connectivity index (χ4n) is 1.94. The molecular weight excluding hydrogens is 253 g/mol. The van der Waals surface area contributed by atoms with E-state index in [2.05, 4.69) is 0 Å². The van der Waals surface area contributed by atoms with Crippen molar-refractivity contribution >= 4 is 5.78 Å². The molecule has 0 aliphatic rings. The van der Waals surface area contributed by atoms with Crippen LogP contribution < -0.4 is 0 Å². The summed E-state index contributed by atoms with van der Waals surface area (Å²) in [6.07, 6.45) is 0. The number of rotatable bonds is 2. The van der Waals surface area contributed by atoms with E-state index in [1.54, 1.807) is 0 Å². The van der Waals surface area contributed by atoms with Gasteiger partial charge in [-0.15, -0.1) is 0 Å². The minimum Gasteiger partial charge on any atom is -0.288 e. The Bertz CT molecular complexity index is 619. The molecule has 0 aliphatic carbocycles. The smallest absolute Gasteiger partial charge is 0.198 e. The fraction of sp³-hybridized carbons (Fsp3) is 0.133. The molecule has 2 aromatic carbocycles. The highest BCUT2D eigenvalue weighted by atomic mass is 19.1. The molecule has 0 bridgehead atoms. The van der Waals surface area contributed by atoms with E-state index in [9.17, 15) is 18.0 Å². The van der Waals surface area contributed by atoms with Gasteiger partial charge in [0.1, 0.15) is 17.5 Å². The summed E-state index contributed by atoms with van der Waals surface area (Å²) in [5, 5.41) is 0. The normalized spacial score (nSPS) is 10.6. The Labute approximate surface area is 108 Å². The van der Waals surface area contributed by atoms with Crippen LogP contribution in [0.15, 0.2) is 30.3 Å². The number of benzene rings is 2. The minimum atomic E-state index is -0.926. The summed E-state index contributed by atoms with van der Waals surface area (Å²) >= 11 is 0. The number of hydrogen-bond donors (Lipinski definition) is 0. The first-order valence-corrected chi connectivity index (χ1v) is 5.67. The van der Waals surface area contributed by atoms with Crippen LogP contribution in [-0.4, -0.2) is 5.78 Å². The summed E-state index contributed by atoms with van der Waals surface area (Å²) in [7, 11) is 0. The standard InChI is InChI=1S/C15H11F3O/c1-8-6-10(7-9(2)14(8)18)15(19)13-11(16)4-3-5-12(13)17/h3-7H,1-2H3. The molecule has 0 N–H and O–H groups in total. The van der Waals surface area contributed by atoms with Gasteiger partial charge in [-0.3, -0.25) is 4.79 Å². The number of halogens is 3. The highest BCUT2D eigenvalue weighted by Gasteiger charge is 2.20. The van der Waals surface area contributed by atoms with Crippen molar-refractivity contribution < 1.29 is 18.0 Å². The van der Waals surface area contributed by atoms with Gasteiger partial charge < -0.3 is 0 Å². The fourth-order valence-corrected chi connectivity index (χ4v) is 1.94. The number of carbonyl (C=O) groups is 1. The molecule has 98 valence electrons. The van der Waals surface area contributed by atoms with E-state index in [1.807, 2.05) is 0 Å². The van der Waals surface area contributed by atoms with Crippen LogP contribution in [0.1, 0.15) is 27.0 Å². The largest absolute Gasteiger partial charge is 0.288 e. The summed E-state index contributed by atoms with van der Waals surface area (Å²) in [4.78, 5) is 12.1. The zero-order valence-electron chi connectivity index (χ0n) is 10.4. The third-order valence-electron chi connectivity index (χ3n) is 2.89. The maximum atomic E-state index is 13.5. The highest BCUT2D eigenvalue weighted by molar-refractivity contribution is 6.09. The van der Waals surface area contributed by atoms with E-state index in [4.69, 9.17) is 0 Å². The second-order valence-electron chi connectivity index (χ2n) is 4.35. The van der Waals surface area contributed by atoms with Crippen molar-refractivity contribution in [2.45, 2.75) is 13.8 Å². The number of carbonyl (C=O) groups excluding carboxylic acids is 1. The number of aryl methyl sites for hydroxylation is 2. The van der Waals surface area contributed by atoms with Crippen LogP contribution in [-0.2, 0) is 0 Å². The van der Waals surface area contributed by atoms with Gasteiger partial charge in [0.05, 0.1) is 5.56 Å². The minimum absolute atomic E-state index is 0.0698. The van der Waals surface area contributed by atoms with Crippen LogP contribution in [0.25, 0.3) is 0 Å². The average Bonchev–Trinajstić information content (AvgIpc) is 2.35. The maximum Gasteiger partial charge on any atom is 0.198 e. The molecule has 0 aromatic heterocycles. The SMILES string of the molecule is Cc1cc(C(=O)c2c(F)cccc2F)cc(C)c1F. The third-order valence-corrected chi connectivity index (χ3v) is 2.89. The van der Waals surface area contributed by atoms with Crippen LogP contribution in [0.2, 0.25) is 0 Å². The van der Waals surface area contributed by atoms with Crippen LogP contribution in [0.5, 0.6) is 0 Å². The molecule has 0 aliphatic heterocycles. The molecule has 19 heavy (non-hydrogen) atoms. The topological polar surface area (TPSA) is 17.1 Å². The maximum absolute atomic E-state index is 13.5. The molecule has 2 aromatic rings. The molecule has 0 saturated heterocycles. The van der Waals surface area contributed by atoms with E-state index in [0.717, 1.165) is 12.1 Å². The van der Waals surface area contributed by atoms with Gasteiger partial charge in [-0.2, -0.15) is 0 Å². The van der Waals surface area contributed by atoms with Gasteiger partial charge in [0.2, 0.25) is 0 Å². The summed E-state index contributed by atoms with van der Waals surface area (Å²) in [6.45, 7) is 2.99. The van der Waals surface area contributed by atoms with E-state index in [1.165, 1.54) is 32.0 Å². The number of hydrogen-bond acceptors (Lipinski definition) is 1. The van der Waals surface area contributed by atoms with Gasteiger partial charge in [-0.1, -0.05) is 6.07 Å². The lowest BCUT2D eigenvalue weighted by Gasteiger charge is -2.07. The van der Waals surface area contributed by atoms with Crippen molar-refractivity contribution in [3.63, 3.8) is 0 Å². The number of ketones is 1. The Morgan fingerprint density at radius 2 is 1.42 bits per heavy atom. The zero-order chi connectivity index (χ0) is 14.2. The van der Waals surface area contributed by atoms with Crippen molar-refractivity contribution in [1.82, 2.24) is 0 Å². The van der Waals surface area contributed by atoms with Crippen molar-refractivity contribution in [3.8, 4) is 0 Å². The molecule has 0 unspecified atom stereocenters. The second-order valence-corrected chi connectivity index (χ2v) is 4.35. The lowest BCUT2D eigenvalue weighted by Crippen LogP contribution is -2.08. The van der Waals surface area contributed by atoms with Gasteiger partial charge in [0.25, 0.3) is 0 Å². The van der Waals surface area contributed by atoms with Crippen molar-refractivity contribution in [3.05, 3.63) is 70.0 Å². The van der Waals surface area contributed by atoms with Crippen molar-refractivity contribution in [1.29, 1.82) is 0 Å². The van der Waals surface area contributed by atoms with Crippen LogP contribution in [0.3, 0.4) is 0 Å². The van der Waals surface area contributed by atoms with Crippen molar-refractivity contribution in [2.24, 2.45) is 0 Å². The Balaban J connectivity index is 2.57. The lowest BCUT2D eigenvalue weighted by molar-refractivity contribution is 0.103. The van der Waals surface area contributed by atoms with E-state index in [-0.39, 0.29) is 16.7 Å². The molecule has 0 radical (unpaired) electrons. The Kier molecular flexibility index (Phi) is 3.42. The molecule has 0 atom stereocenters. The Morgan fingerprint density at radius 1 is 0.947 bits per heavy atom. The first-order valence-electron chi connectivity index (χ1n) is 5.67. The molecule has 0 saturated carbocycles. The van der Waals surface area contributed by atoms with E-state index < -0.39 is 28.8 Å². The summed E-state index contributed by atoms with van der Waals surface area (Å²) < 4.78 is 40.5. The molecule has 0 spiro atoms. The molecule has 2 rings (SSSR count). The average molecular weight is 264 g/mol. The molecule has 0 amide bonds. The summed E-state index contributed by atoms with van der Waals surface area (Å²) in [6, 6.07) is 5.79. The van der Waals surface area contributed by atoms with Gasteiger partial charge in [0, 0.05) is 5.56 Å². The summed E-state index contributed by atoms with van der Waals surface area (Å²) in [5.74, 6) is -3.07. The van der Waals surface area contributed by atoms with Crippen molar-refractivity contribution in [2.75, 3.05) is 0 Å². The molecule has 0 fully saturated rings. The van der Waals surface area contributed by atoms with Gasteiger partial charge >= 0.3 is 0 Å². The quantitative estimate of drug-likeness (QED) is 0.750. The Morgan fingerprint density at radius 3 is 1.89 bits per heavy atom. The van der Waals surface area contributed by atoms with Gasteiger partial charge in [-0.05, 0) is 49.2 Å². The lowest BCUT2D eigenvalue weighted by atomic mass is 9.98. The zero-order valence-corrected chi connectivity index (χ0v) is 10.4. The monoisotopic (exact) mass is 264 g/mol. The summed E-state index contributed by atoms with van der Waals surface area (Å²) in [5.41, 5.74) is -0.0199. The first kappa shape index (κ1) is 13.3. The van der Waals surface area contributed by atoms with Crippen LogP contribution in [0, 0.1) is 31.3 Å². The van der Waals surface area contributed by atoms with E-state index in [0.29, 0.717) is 0 Å². The van der Waals surface area contributed by atoms with Crippen LogP contribution >= 0.6 is 0 Å². The molecule has 1 nitrogen and oxygen atoms in total. The van der Waals surface area contributed by atoms with Gasteiger partial charge in [-0.25, -0.2) is 13.2 Å². The van der Waals surface area contributed by atoms with Crippen LogP contribution in [0.4, 0.5) is 13.2 Å². The predicted octanol–water partition coefficient (Wildman–Crippen LogP) is 3.95. The predicted molar refractivity (Wildman–Crippen MR) is 65.7 cm³/mol. The first-order chi connectivity index (χ1) is 8.91. The molecular formula is C15H11F3O. The van der Waals surface area contributed by atoms with Gasteiger partial charge in [0.15, 0.2) is 5.78 Å². The molecule has 0 heterocycles. The highest BCUT2D eigenvalue weighted by Crippen LogP contribution is 2.20. The van der Waals surface area contributed by atoms with E-state index >= 15 is 0 Å². The second kappa shape index (κ2) is 4.88. The Hall–Kier alpha value is -2.10. The third kappa shape index (κ3) is 2.38. The molecule has 4 heteroatoms.